The summed E-state index contributed by atoms with van der Waals surface area (Å²) in [6.45, 7) is -0.156. The van der Waals surface area contributed by atoms with E-state index in [1.165, 1.54) is 6.07 Å². The van der Waals surface area contributed by atoms with Gasteiger partial charge in [0.2, 0.25) is 11.8 Å². The first-order valence-corrected chi connectivity index (χ1v) is 19.4. The van der Waals surface area contributed by atoms with Gasteiger partial charge in [0.05, 0.1) is 40.2 Å². The number of hydrogen-bond acceptors (Lipinski definition) is 9. The van der Waals surface area contributed by atoms with E-state index in [1.807, 2.05) is 84.6 Å². The van der Waals surface area contributed by atoms with E-state index in [2.05, 4.69) is 15.3 Å². The smallest absolute Gasteiger partial charge is 0.363 e. The number of halogens is 4. The number of carboxylic acid groups (broad SMARTS) is 1. The average Bonchev–Trinajstić information content (AvgIpc) is 3.27. The van der Waals surface area contributed by atoms with Crippen LogP contribution in [0, 0.1) is 17.5 Å². The van der Waals surface area contributed by atoms with Gasteiger partial charge in [-0.15, -0.1) is 0 Å². The molecular weight excluding hydrogens is 821 g/mol. The molecule has 2 aromatic heterocycles. The van der Waals surface area contributed by atoms with Gasteiger partial charge in [0, 0.05) is 54.8 Å². The Hall–Kier alpha value is -7.71. The number of para-hydroxylation sites is 2. The lowest BCUT2D eigenvalue weighted by molar-refractivity contribution is -0.255. The largest absolute Gasteiger partial charge is 0.545 e. The van der Waals surface area contributed by atoms with Gasteiger partial charge in [-0.05, 0) is 59.7 Å². The Morgan fingerprint density at radius 2 is 1.23 bits per heavy atom. The number of carbonyl (C=O) groups is 2. The number of rotatable bonds is 12. The minimum absolute atomic E-state index is 0.0592. The molecule has 8 aromatic rings. The maximum Gasteiger partial charge on any atom is 0.363 e. The quantitative estimate of drug-likeness (QED) is 0.0527. The summed E-state index contributed by atoms with van der Waals surface area (Å²) in [7, 11) is 3.66. The third-order valence-corrected chi connectivity index (χ3v) is 10.5. The third-order valence-electron chi connectivity index (χ3n) is 10.3. The van der Waals surface area contributed by atoms with Gasteiger partial charge in [0.15, 0.2) is 11.6 Å². The third kappa shape index (κ3) is 8.10. The molecule has 0 atom stereocenters. The van der Waals surface area contributed by atoms with Gasteiger partial charge in [-0.1, -0.05) is 72.3 Å². The number of amides is 1. The van der Waals surface area contributed by atoms with E-state index < -0.39 is 46.0 Å². The zero-order chi connectivity index (χ0) is 43.7. The number of anilines is 5. The minimum atomic E-state index is -2.19. The van der Waals surface area contributed by atoms with Crippen LogP contribution in [0.1, 0.15) is 31.8 Å². The van der Waals surface area contributed by atoms with Gasteiger partial charge in [-0.3, -0.25) is 4.79 Å². The minimum Gasteiger partial charge on any atom is -0.545 e. The number of hydrogen-bond donors (Lipinski definition) is 2. The van der Waals surface area contributed by atoms with E-state index in [1.54, 1.807) is 60.7 Å². The predicted molar refractivity (Wildman–Crippen MR) is 230 cm³/mol. The van der Waals surface area contributed by atoms with Gasteiger partial charge in [0.1, 0.15) is 23.1 Å². The van der Waals surface area contributed by atoms with Crippen molar-refractivity contribution in [3.63, 3.8) is 0 Å². The summed E-state index contributed by atoms with van der Waals surface area (Å²) in [5.74, 6) is -8.99. The van der Waals surface area contributed by atoms with E-state index in [0.717, 1.165) is 11.4 Å². The van der Waals surface area contributed by atoms with Gasteiger partial charge in [-0.25, -0.2) is 22.6 Å². The maximum atomic E-state index is 17.2. The highest BCUT2D eigenvalue weighted by atomic mass is 35.5. The number of aromatic nitrogens is 2. The van der Waals surface area contributed by atoms with E-state index >= 15 is 13.2 Å². The second-order valence-electron chi connectivity index (χ2n) is 14.2. The highest BCUT2D eigenvalue weighted by Crippen LogP contribution is 2.44. The van der Waals surface area contributed by atoms with Crippen LogP contribution < -0.4 is 30.7 Å². The molecular formula is C47H34ClF3N6O5. The Morgan fingerprint density at radius 3 is 1.76 bits per heavy atom. The normalized spacial score (nSPS) is 11.1. The highest BCUT2D eigenvalue weighted by molar-refractivity contribution is 6.29. The first-order valence-electron chi connectivity index (χ1n) is 19.0. The predicted octanol–water partition coefficient (Wildman–Crippen LogP) is 9.39. The number of fused-ring (bicyclic) bond motifs is 2. The van der Waals surface area contributed by atoms with Crippen molar-refractivity contribution in [2.45, 2.75) is 13.2 Å². The van der Waals surface area contributed by atoms with Crippen molar-refractivity contribution in [2.75, 3.05) is 29.6 Å². The van der Waals surface area contributed by atoms with E-state index in [0.29, 0.717) is 22.5 Å². The summed E-state index contributed by atoms with van der Waals surface area (Å²) in [6, 6.07) is 36.7. The van der Waals surface area contributed by atoms with Crippen molar-refractivity contribution in [1.29, 1.82) is 0 Å². The molecule has 0 radical (unpaired) electrons. The fourth-order valence-electron chi connectivity index (χ4n) is 7.11. The number of nitrogen functional groups attached to an aromatic ring is 1. The second kappa shape index (κ2) is 17.1. The molecule has 15 heteroatoms. The van der Waals surface area contributed by atoms with Gasteiger partial charge in [-0.2, -0.15) is 4.98 Å². The molecule has 0 aliphatic rings. The Morgan fingerprint density at radius 1 is 0.694 bits per heavy atom. The summed E-state index contributed by atoms with van der Waals surface area (Å²) >= 11 is 5.91. The number of carboxylic acids is 1. The number of benzene rings is 6. The number of ether oxygens (including phenoxy) is 1. The zero-order valence-corrected chi connectivity index (χ0v) is 33.7. The lowest BCUT2D eigenvalue weighted by atomic mass is 9.90. The summed E-state index contributed by atoms with van der Waals surface area (Å²) < 4.78 is 61.3. The number of nitrogens with two attached hydrogens (primary N) is 1. The van der Waals surface area contributed by atoms with Crippen LogP contribution in [0.25, 0.3) is 33.1 Å². The molecule has 6 aromatic carbocycles. The number of nitrogens with one attached hydrogen (secondary N) is 1. The Labute approximate surface area is 357 Å². The number of carbonyl (C=O) groups excluding carboxylic acids is 2. The van der Waals surface area contributed by atoms with Gasteiger partial charge < -0.3 is 35.5 Å². The standard InChI is InChI=1S/C47H34ClF3N6O5/c1-56(28-9-5-3-6-10-28)30-17-19-32-34(21-30)62-35-22-31(57(2)29-11-7-4-8-12-29)18-20-33(35)38(32)39-40(46(59)60)43(50)44(51)41(42(39)49)45(58)53-24-26-13-15-27(16-14-26)25-61-37-23-36(48)54-47(52)55-37/h3-23H,24-25H2,1-2H3,(H3-,52,53,54,55,58,59,60). The van der Waals surface area contributed by atoms with Gasteiger partial charge >= 0.3 is 11.2 Å². The lowest BCUT2D eigenvalue weighted by Gasteiger charge is -2.21. The highest BCUT2D eigenvalue weighted by Gasteiger charge is 2.34. The van der Waals surface area contributed by atoms with Crippen LogP contribution in [0.4, 0.5) is 41.9 Å². The second-order valence-corrected chi connectivity index (χ2v) is 14.5. The van der Waals surface area contributed by atoms with Gasteiger partial charge in [0.25, 0.3) is 5.91 Å². The van der Waals surface area contributed by atoms with Crippen molar-refractivity contribution in [2.24, 2.45) is 0 Å². The Bertz CT molecular complexity index is 2890. The van der Waals surface area contributed by atoms with Crippen LogP contribution in [0.2, 0.25) is 5.15 Å². The average molecular weight is 855 g/mol. The maximum absolute atomic E-state index is 17.2. The van der Waals surface area contributed by atoms with Crippen LogP contribution in [0.15, 0.2) is 132 Å². The van der Waals surface area contributed by atoms with Crippen LogP contribution in [-0.2, 0) is 13.2 Å². The van der Waals surface area contributed by atoms with Crippen LogP contribution in [0.5, 0.6) is 5.88 Å². The molecule has 0 bridgehead atoms. The Balaban J connectivity index is 1.20. The molecule has 0 aliphatic heterocycles. The molecule has 62 heavy (non-hydrogen) atoms. The van der Waals surface area contributed by atoms with Crippen molar-refractivity contribution in [3.8, 4) is 17.0 Å². The van der Waals surface area contributed by atoms with E-state index in [-0.39, 0.29) is 57.6 Å². The molecule has 0 fully saturated rings. The fourth-order valence-corrected chi connectivity index (χ4v) is 7.29. The zero-order valence-electron chi connectivity index (χ0n) is 33.0. The fraction of sp³-hybridized carbons (Fsp3) is 0.0851. The van der Waals surface area contributed by atoms with Crippen molar-refractivity contribution >= 4 is 74.1 Å². The first kappa shape index (κ1) is 41.0. The molecule has 0 unspecified atom stereocenters. The molecule has 3 N–H and O–H groups in total. The molecule has 8 rings (SSSR count). The molecule has 0 saturated heterocycles. The molecule has 0 spiro atoms. The van der Waals surface area contributed by atoms with Crippen LogP contribution >= 0.6 is 11.6 Å². The first-order chi connectivity index (χ1) is 29.9. The van der Waals surface area contributed by atoms with Crippen molar-refractivity contribution in [1.82, 2.24) is 15.3 Å². The molecule has 11 nitrogen and oxygen atoms in total. The van der Waals surface area contributed by atoms with E-state index in [9.17, 15) is 14.7 Å². The molecule has 1 amide bonds. The Kier molecular flexibility index (Phi) is 11.3. The summed E-state index contributed by atoms with van der Waals surface area (Å²) in [5, 5.41) is 15.6. The van der Waals surface area contributed by atoms with Crippen molar-refractivity contribution < 1.29 is 37.0 Å². The van der Waals surface area contributed by atoms with Crippen LogP contribution in [-0.4, -0.2) is 35.9 Å². The van der Waals surface area contributed by atoms with E-state index in [4.69, 9.17) is 26.5 Å². The summed E-state index contributed by atoms with van der Waals surface area (Å²) in [4.78, 5) is 37.9. The molecule has 0 saturated carbocycles. The molecule has 0 aliphatic carbocycles. The molecule has 2 heterocycles. The monoisotopic (exact) mass is 854 g/mol. The molecule has 310 valence electrons. The lowest BCUT2D eigenvalue weighted by Crippen LogP contribution is -2.30. The van der Waals surface area contributed by atoms with Crippen LogP contribution in [0.3, 0.4) is 0 Å². The number of aromatic carboxylic acids is 1. The summed E-state index contributed by atoms with van der Waals surface area (Å²) in [5.41, 5.74) is 6.33. The topological polar surface area (TPSA) is 148 Å². The van der Waals surface area contributed by atoms with Crippen molar-refractivity contribution in [3.05, 3.63) is 172 Å². The number of nitrogens with zero attached hydrogens (tertiary/aromatic N) is 4. The summed E-state index contributed by atoms with van der Waals surface area (Å²) in [6.07, 6.45) is 0. The SMILES string of the molecule is CN(c1ccccc1)c1ccc2c(-c3c(F)c(C(=O)NCc4ccc(COc5cc(Cl)nc(N)n5)cc4)c(F)c(F)c3C(=O)[O-])c3ccc(N(C)c4ccccc4)cc3[o+]c2c1.